The first-order chi connectivity index (χ1) is 11.6. The van der Waals surface area contributed by atoms with Crippen LogP contribution in [0.5, 0.6) is 5.75 Å². The van der Waals surface area contributed by atoms with Gasteiger partial charge >= 0.3 is 11.9 Å². The van der Waals surface area contributed by atoms with Crippen LogP contribution in [0, 0.1) is 5.92 Å². The molecule has 0 aliphatic carbocycles. The molecule has 0 saturated carbocycles. The van der Waals surface area contributed by atoms with Crippen molar-refractivity contribution in [1.29, 1.82) is 0 Å². The first-order valence-electron chi connectivity index (χ1n) is 8.31. The molecule has 1 unspecified atom stereocenters. The molecular weight excluding hydrogens is 308 g/mol. The van der Waals surface area contributed by atoms with Crippen LogP contribution in [0.1, 0.15) is 39.2 Å². The van der Waals surface area contributed by atoms with E-state index in [0.29, 0.717) is 6.61 Å². The van der Waals surface area contributed by atoms with Gasteiger partial charge < -0.3 is 14.2 Å². The Kier molecular flexibility index (Phi) is 9.27. The van der Waals surface area contributed by atoms with Crippen molar-refractivity contribution in [1.82, 2.24) is 0 Å². The van der Waals surface area contributed by atoms with Crippen LogP contribution in [0.2, 0.25) is 0 Å². The molecule has 0 radical (unpaired) electrons. The van der Waals surface area contributed by atoms with Gasteiger partial charge in [-0.05, 0) is 36.6 Å². The third kappa shape index (κ3) is 7.81. The Balaban J connectivity index is 2.29. The Morgan fingerprint density at radius 3 is 2.33 bits per heavy atom. The van der Waals surface area contributed by atoms with Gasteiger partial charge in [-0.2, -0.15) is 0 Å². The van der Waals surface area contributed by atoms with Gasteiger partial charge in [-0.15, -0.1) is 0 Å². The summed E-state index contributed by atoms with van der Waals surface area (Å²) in [4.78, 5) is 23.0. The lowest BCUT2D eigenvalue weighted by atomic mass is 10.1. The molecular formula is C19H26O5. The van der Waals surface area contributed by atoms with Crippen molar-refractivity contribution in [3.8, 4) is 5.75 Å². The van der Waals surface area contributed by atoms with Crippen molar-refractivity contribution in [3.63, 3.8) is 0 Å². The van der Waals surface area contributed by atoms with Crippen LogP contribution in [0.4, 0.5) is 0 Å². The van der Waals surface area contributed by atoms with Crippen molar-refractivity contribution in [2.45, 2.75) is 33.6 Å². The number of carbonyl (C=O) groups is 2. The number of hydrogen-bond acceptors (Lipinski definition) is 5. The van der Waals surface area contributed by atoms with Crippen molar-refractivity contribution < 1.29 is 23.8 Å². The summed E-state index contributed by atoms with van der Waals surface area (Å²) in [6, 6.07) is 7.44. The van der Waals surface area contributed by atoms with Gasteiger partial charge in [0.1, 0.15) is 19.0 Å². The number of benzene rings is 1. The van der Waals surface area contributed by atoms with E-state index in [1.807, 2.05) is 38.1 Å². The number of ether oxygens (including phenoxy) is 3. The zero-order valence-electron chi connectivity index (χ0n) is 14.6. The highest BCUT2D eigenvalue weighted by molar-refractivity contribution is 5.87. The van der Waals surface area contributed by atoms with Crippen LogP contribution in [-0.2, 0) is 19.1 Å². The lowest BCUT2D eigenvalue weighted by Crippen LogP contribution is -2.17. The van der Waals surface area contributed by atoms with Gasteiger partial charge in [0.2, 0.25) is 0 Å². The summed E-state index contributed by atoms with van der Waals surface area (Å²) in [5.41, 5.74) is 0.874. The van der Waals surface area contributed by atoms with Gasteiger partial charge in [0.25, 0.3) is 0 Å². The summed E-state index contributed by atoms with van der Waals surface area (Å²) in [6.45, 7) is 6.58. The monoisotopic (exact) mass is 334 g/mol. The molecule has 0 aliphatic rings. The van der Waals surface area contributed by atoms with E-state index in [4.69, 9.17) is 14.2 Å². The Morgan fingerprint density at radius 2 is 1.71 bits per heavy atom. The van der Waals surface area contributed by atoms with Crippen molar-refractivity contribution in [2.24, 2.45) is 5.92 Å². The molecule has 0 aliphatic heterocycles. The predicted molar refractivity (Wildman–Crippen MR) is 92.6 cm³/mol. The molecule has 0 aromatic heterocycles. The van der Waals surface area contributed by atoms with Gasteiger partial charge in [-0.25, -0.2) is 4.79 Å². The van der Waals surface area contributed by atoms with E-state index in [1.165, 1.54) is 6.08 Å². The molecule has 0 N–H and O–H groups in total. The quantitative estimate of drug-likeness (QED) is 0.371. The third-order valence-corrected chi connectivity index (χ3v) is 3.35. The van der Waals surface area contributed by atoms with Crippen LogP contribution < -0.4 is 4.74 Å². The topological polar surface area (TPSA) is 61.8 Å². The minimum Gasteiger partial charge on any atom is -0.494 e. The zero-order chi connectivity index (χ0) is 17.8. The van der Waals surface area contributed by atoms with Crippen molar-refractivity contribution in [2.75, 3.05) is 19.8 Å². The van der Waals surface area contributed by atoms with Gasteiger partial charge in [-0.3, -0.25) is 4.79 Å². The summed E-state index contributed by atoms with van der Waals surface area (Å²) in [6.07, 6.45) is 4.69. The minimum atomic E-state index is -0.471. The molecule has 0 spiro atoms. The normalized spacial score (nSPS) is 12.0. The second-order valence-corrected chi connectivity index (χ2v) is 5.40. The average Bonchev–Trinajstić information content (AvgIpc) is 2.61. The molecule has 0 amide bonds. The minimum absolute atomic E-state index is 0.0507. The first kappa shape index (κ1) is 19.7. The number of carbonyl (C=O) groups excluding carboxylic acids is 2. The Hall–Kier alpha value is -2.30. The van der Waals surface area contributed by atoms with Gasteiger partial charge in [0, 0.05) is 6.08 Å². The van der Waals surface area contributed by atoms with E-state index >= 15 is 0 Å². The van der Waals surface area contributed by atoms with E-state index in [0.717, 1.165) is 24.2 Å². The van der Waals surface area contributed by atoms with E-state index in [1.54, 1.807) is 13.0 Å². The van der Waals surface area contributed by atoms with E-state index in [9.17, 15) is 9.59 Å². The molecule has 0 saturated heterocycles. The highest BCUT2D eigenvalue weighted by atomic mass is 16.6. The Bertz CT molecular complexity index is 533. The summed E-state index contributed by atoms with van der Waals surface area (Å²) in [7, 11) is 0. The average molecular weight is 334 g/mol. The van der Waals surface area contributed by atoms with Crippen LogP contribution >= 0.6 is 0 Å². The highest BCUT2D eigenvalue weighted by Crippen LogP contribution is 2.13. The fraction of sp³-hybridized carbons (Fsp3) is 0.474. The Morgan fingerprint density at radius 1 is 1.04 bits per heavy atom. The SMILES string of the molecule is CCCOc1ccc(/C=C/C(=O)OCCOC(=O)C(C)CC)cc1. The van der Waals surface area contributed by atoms with Gasteiger partial charge in [-0.1, -0.05) is 32.9 Å². The van der Waals surface area contributed by atoms with Crippen LogP contribution in [0.15, 0.2) is 30.3 Å². The number of rotatable bonds is 10. The molecule has 1 aromatic rings. The summed E-state index contributed by atoms with van der Waals surface area (Å²) in [5.74, 6) is -0.0695. The number of hydrogen-bond donors (Lipinski definition) is 0. The molecule has 0 fully saturated rings. The second-order valence-electron chi connectivity index (χ2n) is 5.40. The fourth-order valence-corrected chi connectivity index (χ4v) is 1.70. The molecule has 5 nitrogen and oxygen atoms in total. The van der Waals surface area contributed by atoms with E-state index in [-0.39, 0.29) is 25.1 Å². The summed E-state index contributed by atoms with van der Waals surface area (Å²) >= 11 is 0. The Labute approximate surface area is 143 Å². The van der Waals surface area contributed by atoms with E-state index in [2.05, 4.69) is 0 Å². The molecule has 5 heteroatoms. The smallest absolute Gasteiger partial charge is 0.330 e. The molecule has 1 rings (SSSR count). The summed E-state index contributed by atoms with van der Waals surface area (Å²) in [5, 5.41) is 0. The molecule has 24 heavy (non-hydrogen) atoms. The standard InChI is InChI=1S/C19H26O5/c1-4-12-22-17-9-6-16(7-10-17)8-11-18(20)23-13-14-24-19(21)15(3)5-2/h6-11,15H,4-5,12-14H2,1-3H3/b11-8+. The first-order valence-corrected chi connectivity index (χ1v) is 8.31. The van der Waals surface area contributed by atoms with Crippen LogP contribution in [-0.4, -0.2) is 31.8 Å². The largest absolute Gasteiger partial charge is 0.494 e. The maximum atomic E-state index is 11.6. The molecule has 1 atom stereocenters. The lowest BCUT2D eigenvalue weighted by Gasteiger charge is -2.08. The third-order valence-electron chi connectivity index (χ3n) is 3.35. The lowest BCUT2D eigenvalue weighted by molar-refractivity contribution is -0.152. The zero-order valence-corrected chi connectivity index (χ0v) is 14.6. The van der Waals surface area contributed by atoms with Crippen LogP contribution in [0.3, 0.4) is 0 Å². The van der Waals surface area contributed by atoms with E-state index < -0.39 is 5.97 Å². The van der Waals surface area contributed by atoms with Crippen molar-refractivity contribution >= 4 is 18.0 Å². The fourth-order valence-electron chi connectivity index (χ4n) is 1.70. The molecule has 1 aromatic carbocycles. The highest BCUT2D eigenvalue weighted by Gasteiger charge is 2.11. The second kappa shape index (κ2) is 11.3. The molecule has 132 valence electrons. The molecule has 0 heterocycles. The van der Waals surface area contributed by atoms with Gasteiger partial charge in [0.05, 0.1) is 12.5 Å². The predicted octanol–water partition coefficient (Wildman–Crippen LogP) is 3.62. The molecule has 0 bridgehead atoms. The van der Waals surface area contributed by atoms with Crippen molar-refractivity contribution in [3.05, 3.63) is 35.9 Å². The van der Waals surface area contributed by atoms with Gasteiger partial charge in [0.15, 0.2) is 0 Å². The van der Waals surface area contributed by atoms with Crippen LogP contribution in [0.25, 0.3) is 6.08 Å². The number of esters is 2. The maximum absolute atomic E-state index is 11.6. The summed E-state index contributed by atoms with van der Waals surface area (Å²) < 4.78 is 15.5. The maximum Gasteiger partial charge on any atom is 0.330 e.